The average Bonchev–Trinajstić information content (AvgIpc) is 3.38. The number of nitrogens with zero attached hydrogens (tertiary/aromatic N) is 3. The van der Waals surface area contributed by atoms with Gasteiger partial charge in [-0.15, -0.1) is 0 Å². The fraction of sp³-hybridized carbons (Fsp3) is 0.476. The number of carbonyl (C=O) groups excluding carboxylic acids is 3. The largest absolute Gasteiger partial charge is 0.339 e. The van der Waals surface area contributed by atoms with Crippen molar-refractivity contribution in [3.05, 3.63) is 45.6 Å². The van der Waals surface area contributed by atoms with Crippen LogP contribution >= 0.6 is 23.2 Å². The quantitative estimate of drug-likeness (QED) is 0.671. The number of halogens is 2. The maximum absolute atomic E-state index is 12.8. The summed E-state index contributed by atoms with van der Waals surface area (Å²) in [5, 5.41) is 11.5. The Morgan fingerprint density at radius 3 is 2.67 bits per heavy atom. The van der Waals surface area contributed by atoms with E-state index in [0.717, 1.165) is 5.56 Å². The number of azo groups is 1. The van der Waals surface area contributed by atoms with Crippen molar-refractivity contribution in [1.82, 2.24) is 10.2 Å². The highest BCUT2D eigenvalue weighted by Gasteiger charge is 2.40. The minimum atomic E-state index is -0.686. The highest BCUT2D eigenvalue weighted by atomic mass is 35.5. The van der Waals surface area contributed by atoms with Crippen LogP contribution in [0, 0.1) is 5.92 Å². The second kappa shape index (κ2) is 9.71. The van der Waals surface area contributed by atoms with Gasteiger partial charge in [0.15, 0.2) is 0 Å². The van der Waals surface area contributed by atoms with Gasteiger partial charge in [0.25, 0.3) is 0 Å². The third-order valence-electron chi connectivity index (χ3n) is 5.62. The lowest BCUT2D eigenvalue weighted by atomic mass is 9.92. The van der Waals surface area contributed by atoms with Crippen LogP contribution in [0.25, 0.3) is 0 Å². The van der Waals surface area contributed by atoms with Gasteiger partial charge in [0.05, 0.1) is 28.3 Å². The van der Waals surface area contributed by atoms with Crippen molar-refractivity contribution in [1.29, 1.82) is 0 Å². The molecule has 1 saturated heterocycles. The predicted octanol–water partition coefficient (Wildman–Crippen LogP) is 3.59. The Bertz CT molecular complexity index is 916. The highest BCUT2D eigenvalue weighted by Crippen LogP contribution is 2.28. The number of Topliss-reactive ketones (excluding diaryl/α,β-unsaturated/α-hetero) is 1. The average molecular weight is 451 g/mol. The van der Waals surface area contributed by atoms with E-state index >= 15 is 0 Å². The standard InChI is InChI=1S/C21H24Cl2N4O3/c1-3-17(18-6-8-24-26-18)25-20(29)21(30)27-9-7-14(12(27)2)19(28)11-13-4-5-15(22)16(23)10-13/h4-6,10,12,14,17H,3,7-9,11H2,1-2H3,(H,25,29)/t12-,14-,17-/m0/s1. The molecule has 2 amide bonds. The van der Waals surface area contributed by atoms with Crippen molar-refractivity contribution in [3.63, 3.8) is 0 Å². The second-order valence-electron chi connectivity index (χ2n) is 7.51. The molecule has 1 aromatic rings. The zero-order valence-electron chi connectivity index (χ0n) is 16.9. The third-order valence-corrected chi connectivity index (χ3v) is 6.36. The molecule has 9 heteroatoms. The number of likely N-dealkylation sites (tertiary alicyclic amines) is 1. The SMILES string of the molecule is CC[C@H](NC(=O)C(=O)N1CC[C@H](C(=O)Cc2ccc(Cl)c(Cl)c2)[C@@H]1C)C1=CCN=N1. The van der Waals surface area contributed by atoms with Crippen LogP contribution in [0.1, 0.15) is 32.3 Å². The van der Waals surface area contributed by atoms with E-state index in [2.05, 4.69) is 15.5 Å². The van der Waals surface area contributed by atoms with Crippen molar-refractivity contribution in [2.75, 3.05) is 13.1 Å². The van der Waals surface area contributed by atoms with Crippen molar-refractivity contribution in [2.24, 2.45) is 16.1 Å². The Balaban J connectivity index is 1.60. The van der Waals surface area contributed by atoms with Gasteiger partial charge in [0, 0.05) is 24.9 Å². The molecular formula is C21H24Cl2N4O3. The molecule has 1 N–H and O–H groups in total. The fourth-order valence-electron chi connectivity index (χ4n) is 3.88. The number of hydrogen-bond acceptors (Lipinski definition) is 5. The number of ketones is 1. The first-order valence-electron chi connectivity index (χ1n) is 9.97. The molecule has 0 spiro atoms. The predicted molar refractivity (Wildman–Crippen MR) is 114 cm³/mol. The van der Waals surface area contributed by atoms with Crippen molar-refractivity contribution >= 4 is 40.8 Å². The molecule has 160 valence electrons. The summed E-state index contributed by atoms with van der Waals surface area (Å²) in [6.07, 6.45) is 3.16. The van der Waals surface area contributed by atoms with Gasteiger partial charge >= 0.3 is 11.8 Å². The highest BCUT2D eigenvalue weighted by molar-refractivity contribution is 6.42. The van der Waals surface area contributed by atoms with Gasteiger partial charge in [0.1, 0.15) is 5.78 Å². The maximum atomic E-state index is 12.8. The Labute approximate surface area is 185 Å². The van der Waals surface area contributed by atoms with Gasteiger partial charge in [-0.3, -0.25) is 14.4 Å². The molecule has 0 aromatic heterocycles. The van der Waals surface area contributed by atoms with Gasteiger partial charge in [-0.1, -0.05) is 36.2 Å². The van der Waals surface area contributed by atoms with Gasteiger partial charge in [-0.25, -0.2) is 0 Å². The molecule has 1 aromatic carbocycles. The Morgan fingerprint density at radius 2 is 2.03 bits per heavy atom. The number of carbonyl (C=O) groups is 3. The van der Waals surface area contributed by atoms with Crippen LogP contribution in [0.5, 0.6) is 0 Å². The number of nitrogens with one attached hydrogen (secondary N) is 1. The first-order chi connectivity index (χ1) is 14.3. The van der Waals surface area contributed by atoms with E-state index in [-0.39, 0.29) is 30.2 Å². The van der Waals surface area contributed by atoms with Crippen LogP contribution in [0.2, 0.25) is 10.0 Å². The van der Waals surface area contributed by atoms with E-state index in [0.29, 0.717) is 41.7 Å². The van der Waals surface area contributed by atoms with E-state index < -0.39 is 11.8 Å². The molecule has 3 atom stereocenters. The number of hydrogen-bond donors (Lipinski definition) is 1. The van der Waals surface area contributed by atoms with E-state index in [9.17, 15) is 14.4 Å². The molecule has 1 fully saturated rings. The van der Waals surface area contributed by atoms with Crippen LogP contribution in [0.15, 0.2) is 40.2 Å². The lowest BCUT2D eigenvalue weighted by Crippen LogP contribution is -2.48. The monoisotopic (exact) mass is 450 g/mol. The van der Waals surface area contributed by atoms with Crippen LogP contribution in [-0.4, -0.2) is 47.7 Å². The summed E-state index contributed by atoms with van der Waals surface area (Å²) >= 11 is 12.0. The van der Waals surface area contributed by atoms with Crippen LogP contribution in [-0.2, 0) is 20.8 Å². The molecule has 2 heterocycles. The summed E-state index contributed by atoms with van der Waals surface area (Å²) in [5.74, 6) is -1.63. The topological polar surface area (TPSA) is 91.2 Å². The van der Waals surface area contributed by atoms with Crippen molar-refractivity contribution in [3.8, 4) is 0 Å². The minimum absolute atomic E-state index is 0.0135. The first-order valence-corrected chi connectivity index (χ1v) is 10.7. The summed E-state index contributed by atoms with van der Waals surface area (Å²) < 4.78 is 0. The zero-order chi connectivity index (χ0) is 21.8. The zero-order valence-corrected chi connectivity index (χ0v) is 18.4. The Hall–Kier alpha value is -2.25. The smallest absolute Gasteiger partial charge is 0.312 e. The normalized spacial score (nSPS) is 21.5. The van der Waals surface area contributed by atoms with E-state index in [1.54, 1.807) is 25.1 Å². The molecule has 0 bridgehead atoms. The Kier molecular flexibility index (Phi) is 7.26. The van der Waals surface area contributed by atoms with E-state index in [1.165, 1.54) is 4.90 Å². The summed E-state index contributed by atoms with van der Waals surface area (Å²) in [7, 11) is 0. The lowest BCUT2D eigenvalue weighted by molar-refractivity contribution is -0.147. The number of benzene rings is 1. The van der Waals surface area contributed by atoms with Gasteiger partial charge < -0.3 is 10.2 Å². The van der Waals surface area contributed by atoms with E-state index in [1.807, 2.05) is 13.0 Å². The molecule has 2 aliphatic heterocycles. The summed E-state index contributed by atoms with van der Waals surface area (Å²) in [6, 6.07) is 4.40. The Morgan fingerprint density at radius 1 is 1.27 bits per heavy atom. The molecule has 0 aliphatic carbocycles. The maximum Gasteiger partial charge on any atom is 0.312 e. The van der Waals surface area contributed by atoms with Gasteiger partial charge in [-0.05, 0) is 43.5 Å². The molecule has 30 heavy (non-hydrogen) atoms. The van der Waals surface area contributed by atoms with Crippen LogP contribution in [0.4, 0.5) is 0 Å². The molecule has 3 rings (SSSR count). The number of rotatable bonds is 6. The molecule has 2 aliphatic rings. The van der Waals surface area contributed by atoms with Crippen molar-refractivity contribution < 1.29 is 14.4 Å². The summed E-state index contributed by atoms with van der Waals surface area (Å²) in [4.78, 5) is 39.5. The van der Waals surface area contributed by atoms with E-state index in [4.69, 9.17) is 23.2 Å². The fourth-order valence-corrected chi connectivity index (χ4v) is 4.20. The van der Waals surface area contributed by atoms with Gasteiger partial charge in [0.2, 0.25) is 0 Å². The number of amides is 2. The third kappa shape index (κ3) is 4.90. The lowest BCUT2D eigenvalue weighted by Gasteiger charge is -2.25. The molecule has 7 nitrogen and oxygen atoms in total. The second-order valence-corrected chi connectivity index (χ2v) is 8.33. The minimum Gasteiger partial charge on any atom is -0.339 e. The summed E-state index contributed by atoms with van der Waals surface area (Å²) in [5.41, 5.74) is 1.44. The first kappa shape index (κ1) is 22.4. The van der Waals surface area contributed by atoms with Gasteiger partial charge in [-0.2, -0.15) is 10.2 Å². The summed E-state index contributed by atoms with van der Waals surface area (Å²) in [6.45, 7) is 4.56. The molecule has 0 saturated carbocycles. The van der Waals surface area contributed by atoms with Crippen LogP contribution in [0.3, 0.4) is 0 Å². The van der Waals surface area contributed by atoms with Crippen LogP contribution < -0.4 is 5.32 Å². The molecular weight excluding hydrogens is 427 g/mol. The molecule has 0 radical (unpaired) electrons. The molecule has 0 unspecified atom stereocenters. The van der Waals surface area contributed by atoms with Crippen molar-refractivity contribution in [2.45, 2.75) is 45.2 Å².